The Morgan fingerprint density at radius 2 is 1.95 bits per heavy atom. The molecule has 3 rings (SSSR count). The molecule has 0 bridgehead atoms. The Balaban J connectivity index is 1.59. The fraction of sp³-hybridized carbons (Fsp3) is 0.867. The van der Waals surface area contributed by atoms with Crippen LogP contribution in [0.4, 0.5) is 0 Å². The Morgan fingerprint density at radius 3 is 2.70 bits per heavy atom. The quantitative estimate of drug-likeness (QED) is 0.828. The van der Waals surface area contributed by atoms with Gasteiger partial charge >= 0.3 is 0 Å². The van der Waals surface area contributed by atoms with Gasteiger partial charge in [-0.25, -0.2) is 0 Å². The van der Waals surface area contributed by atoms with Gasteiger partial charge in [0, 0.05) is 19.1 Å². The molecule has 2 N–H and O–H groups in total. The summed E-state index contributed by atoms with van der Waals surface area (Å²) in [5.74, 6) is 0.822. The Kier molecular flexibility index (Phi) is 3.96. The number of amides is 2. The molecule has 0 spiro atoms. The minimum atomic E-state index is -0.178. The number of carbonyl (C=O) groups is 2. The summed E-state index contributed by atoms with van der Waals surface area (Å²) < 4.78 is 0. The Bertz CT molecular complexity index is 399. The lowest BCUT2D eigenvalue weighted by Crippen LogP contribution is -2.61. The standard InChI is InChI=1S/C15H25N3O2/c16-12-5-3-4-11(12)7-9-17-10-14(19)18-8-2-1-6-13(18)15(17)20/h11-13H,1-10,16H2. The molecule has 2 aliphatic heterocycles. The number of carbonyl (C=O) groups excluding carboxylic acids is 2. The third-order valence-corrected chi connectivity index (χ3v) is 5.23. The molecule has 0 aromatic rings. The van der Waals surface area contributed by atoms with E-state index in [-0.39, 0.29) is 30.4 Å². The molecule has 1 aliphatic carbocycles. The van der Waals surface area contributed by atoms with E-state index in [2.05, 4.69) is 0 Å². The normalized spacial score (nSPS) is 34.5. The molecule has 2 heterocycles. The molecule has 20 heavy (non-hydrogen) atoms. The van der Waals surface area contributed by atoms with Crippen LogP contribution in [0.3, 0.4) is 0 Å². The summed E-state index contributed by atoms with van der Waals surface area (Å²) in [7, 11) is 0. The predicted octanol–water partition coefficient (Wildman–Crippen LogP) is 0.727. The van der Waals surface area contributed by atoms with Gasteiger partial charge in [-0.15, -0.1) is 0 Å². The molecular formula is C15H25N3O2. The maximum absolute atomic E-state index is 12.5. The van der Waals surface area contributed by atoms with Crippen LogP contribution in [0.5, 0.6) is 0 Å². The zero-order valence-corrected chi connectivity index (χ0v) is 12.1. The van der Waals surface area contributed by atoms with Crippen molar-refractivity contribution in [3.05, 3.63) is 0 Å². The summed E-state index contributed by atoms with van der Waals surface area (Å²) in [6.07, 6.45) is 7.36. The van der Waals surface area contributed by atoms with Crippen LogP contribution in [0.2, 0.25) is 0 Å². The maximum Gasteiger partial charge on any atom is 0.245 e. The van der Waals surface area contributed by atoms with E-state index in [9.17, 15) is 9.59 Å². The number of fused-ring (bicyclic) bond motifs is 1. The Hall–Kier alpha value is -1.10. The lowest BCUT2D eigenvalue weighted by molar-refractivity contribution is -0.157. The van der Waals surface area contributed by atoms with Gasteiger partial charge in [-0.1, -0.05) is 6.42 Å². The van der Waals surface area contributed by atoms with Gasteiger partial charge < -0.3 is 15.5 Å². The van der Waals surface area contributed by atoms with Crippen LogP contribution in [0.25, 0.3) is 0 Å². The molecule has 0 aromatic heterocycles. The molecule has 3 fully saturated rings. The van der Waals surface area contributed by atoms with Crippen LogP contribution in [0.1, 0.15) is 44.9 Å². The van der Waals surface area contributed by atoms with E-state index in [1.165, 1.54) is 12.8 Å². The minimum Gasteiger partial charge on any atom is -0.332 e. The van der Waals surface area contributed by atoms with Gasteiger partial charge in [0.25, 0.3) is 0 Å². The van der Waals surface area contributed by atoms with Crippen molar-refractivity contribution >= 4 is 11.8 Å². The van der Waals surface area contributed by atoms with Gasteiger partial charge in [0.1, 0.15) is 6.04 Å². The van der Waals surface area contributed by atoms with Crippen LogP contribution in [0, 0.1) is 5.92 Å². The highest BCUT2D eigenvalue weighted by Gasteiger charge is 2.40. The smallest absolute Gasteiger partial charge is 0.245 e. The number of piperidine rings is 1. The van der Waals surface area contributed by atoms with Crippen molar-refractivity contribution in [3.63, 3.8) is 0 Å². The molecule has 3 atom stereocenters. The van der Waals surface area contributed by atoms with Gasteiger partial charge in [-0.05, 0) is 44.4 Å². The molecule has 5 nitrogen and oxygen atoms in total. The summed E-state index contributed by atoms with van der Waals surface area (Å²) in [6.45, 7) is 1.74. The molecule has 3 aliphatic rings. The molecule has 2 amide bonds. The number of nitrogens with two attached hydrogens (primary N) is 1. The monoisotopic (exact) mass is 279 g/mol. The molecule has 112 valence electrons. The first-order chi connectivity index (χ1) is 9.66. The maximum atomic E-state index is 12.5. The van der Waals surface area contributed by atoms with Crippen molar-refractivity contribution in [1.82, 2.24) is 9.80 Å². The fourth-order valence-electron chi connectivity index (χ4n) is 3.96. The zero-order chi connectivity index (χ0) is 14.1. The van der Waals surface area contributed by atoms with E-state index in [4.69, 9.17) is 5.73 Å². The Labute approximate surface area is 120 Å². The number of rotatable bonds is 3. The van der Waals surface area contributed by atoms with Crippen molar-refractivity contribution < 1.29 is 9.59 Å². The van der Waals surface area contributed by atoms with Crippen LogP contribution >= 0.6 is 0 Å². The first kappa shape index (κ1) is 13.9. The average molecular weight is 279 g/mol. The summed E-state index contributed by atoms with van der Waals surface area (Å²) >= 11 is 0. The second-order valence-electron chi connectivity index (χ2n) is 6.50. The van der Waals surface area contributed by atoms with Gasteiger partial charge in [-0.3, -0.25) is 9.59 Å². The topological polar surface area (TPSA) is 66.6 Å². The summed E-state index contributed by atoms with van der Waals surface area (Å²) in [5, 5.41) is 0. The second kappa shape index (κ2) is 5.72. The third-order valence-electron chi connectivity index (χ3n) is 5.23. The van der Waals surface area contributed by atoms with E-state index in [1.54, 1.807) is 9.80 Å². The van der Waals surface area contributed by atoms with Crippen LogP contribution in [-0.2, 0) is 9.59 Å². The Morgan fingerprint density at radius 1 is 1.10 bits per heavy atom. The zero-order valence-electron chi connectivity index (χ0n) is 12.1. The van der Waals surface area contributed by atoms with Gasteiger partial charge in [0.05, 0.1) is 6.54 Å². The van der Waals surface area contributed by atoms with Crippen molar-refractivity contribution in [1.29, 1.82) is 0 Å². The SMILES string of the molecule is NC1CCCC1CCN1CC(=O)N2CCCCC2C1=O. The minimum absolute atomic E-state index is 0.130. The molecule has 5 heteroatoms. The van der Waals surface area contributed by atoms with E-state index >= 15 is 0 Å². The van der Waals surface area contributed by atoms with E-state index < -0.39 is 0 Å². The molecule has 0 radical (unpaired) electrons. The van der Waals surface area contributed by atoms with Crippen molar-refractivity contribution in [3.8, 4) is 0 Å². The number of piperazine rings is 1. The molecular weight excluding hydrogens is 254 g/mol. The van der Waals surface area contributed by atoms with Crippen molar-refractivity contribution in [2.75, 3.05) is 19.6 Å². The number of nitrogens with zero attached hydrogens (tertiary/aromatic N) is 2. The third kappa shape index (κ3) is 2.55. The fourth-order valence-corrected chi connectivity index (χ4v) is 3.96. The lowest BCUT2D eigenvalue weighted by atomic mass is 9.96. The lowest BCUT2D eigenvalue weighted by Gasteiger charge is -2.43. The molecule has 0 aromatic carbocycles. The van der Waals surface area contributed by atoms with Crippen LogP contribution < -0.4 is 5.73 Å². The highest BCUT2D eigenvalue weighted by atomic mass is 16.2. The van der Waals surface area contributed by atoms with E-state index in [0.717, 1.165) is 38.6 Å². The van der Waals surface area contributed by atoms with Gasteiger partial charge in [-0.2, -0.15) is 0 Å². The van der Waals surface area contributed by atoms with Gasteiger partial charge in [0.2, 0.25) is 11.8 Å². The van der Waals surface area contributed by atoms with Crippen molar-refractivity contribution in [2.45, 2.75) is 57.0 Å². The number of hydrogen-bond acceptors (Lipinski definition) is 3. The number of hydrogen-bond donors (Lipinski definition) is 1. The first-order valence-electron chi connectivity index (χ1n) is 8.00. The van der Waals surface area contributed by atoms with E-state index in [1.807, 2.05) is 0 Å². The summed E-state index contributed by atoms with van der Waals surface area (Å²) in [5.41, 5.74) is 6.08. The predicted molar refractivity (Wildman–Crippen MR) is 75.9 cm³/mol. The highest BCUT2D eigenvalue weighted by Crippen LogP contribution is 2.28. The first-order valence-corrected chi connectivity index (χ1v) is 8.00. The largest absolute Gasteiger partial charge is 0.332 e. The van der Waals surface area contributed by atoms with Crippen LogP contribution in [0.15, 0.2) is 0 Å². The molecule has 1 saturated carbocycles. The highest BCUT2D eigenvalue weighted by molar-refractivity contribution is 5.95. The van der Waals surface area contributed by atoms with Crippen LogP contribution in [-0.4, -0.2) is 53.3 Å². The van der Waals surface area contributed by atoms with E-state index in [0.29, 0.717) is 12.5 Å². The average Bonchev–Trinajstić information content (AvgIpc) is 2.87. The summed E-state index contributed by atoms with van der Waals surface area (Å²) in [4.78, 5) is 28.2. The van der Waals surface area contributed by atoms with Crippen molar-refractivity contribution in [2.24, 2.45) is 11.7 Å². The second-order valence-corrected chi connectivity index (χ2v) is 6.50. The molecule has 3 unspecified atom stereocenters. The molecule has 2 saturated heterocycles. The van der Waals surface area contributed by atoms with Gasteiger partial charge in [0.15, 0.2) is 0 Å². The summed E-state index contributed by atoms with van der Waals surface area (Å²) in [6, 6.07) is 0.110.